The lowest BCUT2D eigenvalue weighted by molar-refractivity contribution is -0.156. The number of carbonyl (C=O) groups is 1. The van der Waals surface area contributed by atoms with Gasteiger partial charge in [0.15, 0.2) is 5.58 Å². The Morgan fingerprint density at radius 2 is 1.93 bits per heavy atom. The quantitative estimate of drug-likeness (QED) is 0.467. The van der Waals surface area contributed by atoms with Gasteiger partial charge in [-0.2, -0.15) is 0 Å². The molecule has 0 spiro atoms. The van der Waals surface area contributed by atoms with Gasteiger partial charge in [-0.1, -0.05) is 43.5 Å². The summed E-state index contributed by atoms with van der Waals surface area (Å²) in [7, 11) is 0. The van der Waals surface area contributed by atoms with Crippen molar-refractivity contribution in [3.05, 3.63) is 29.5 Å². The maximum Gasteiger partial charge on any atom is 0.306 e. The largest absolute Gasteiger partial charge is 0.460 e. The summed E-state index contributed by atoms with van der Waals surface area (Å²) in [5.74, 6) is 0.619. The van der Waals surface area contributed by atoms with E-state index in [9.17, 15) is 4.79 Å². The fraction of sp³-hybridized carbons (Fsp3) is 0.652. The normalized spacial score (nSPS) is 14.3. The van der Waals surface area contributed by atoms with E-state index in [-0.39, 0.29) is 5.97 Å². The molecule has 0 saturated heterocycles. The van der Waals surface area contributed by atoms with E-state index in [4.69, 9.17) is 9.26 Å². The third kappa shape index (κ3) is 6.37. The zero-order chi connectivity index (χ0) is 20.0. The highest BCUT2D eigenvalue weighted by Crippen LogP contribution is 2.34. The van der Waals surface area contributed by atoms with Crippen molar-refractivity contribution in [2.75, 3.05) is 0 Å². The summed E-state index contributed by atoms with van der Waals surface area (Å²) in [5, 5.41) is 5.53. The number of nitrogens with zero attached hydrogens (tertiary/aromatic N) is 1. The molecule has 0 fully saturated rings. The summed E-state index contributed by atoms with van der Waals surface area (Å²) in [4.78, 5) is 12.2. The number of fused-ring (bicyclic) bond motifs is 1. The van der Waals surface area contributed by atoms with Crippen molar-refractivity contribution in [3.63, 3.8) is 0 Å². The summed E-state index contributed by atoms with van der Waals surface area (Å²) in [6.07, 6.45) is 5.68. The van der Waals surface area contributed by atoms with Crippen LogP contribution in [0.2, 0.25) is 0 Å². The molecule has 27 heavy (non-hydrogen) atoms. The minimum Gasteiger partial charge on any atom is -0.460 e. The zero-order valence-electron chi connectivity index (χ0n) is 17.8. The molecule has 2 rings (SSSR count). The van der Waals surface area contributed by atoms with Gasteiger partial charge in [-0.05, 0) is 65.0 Å². The van der Waals surface area contributed by atoms with Gasteiger partial charge in [0.1, 0.15) is 5.60 Å². The molecule has 2 atom stereocenters. The van der Waals surface area contributed by atoms with E-state index < -0.39 is 5.60 Å². The fourth-order valence-electron chi connectivity index (χ4n) is 3.64. The predicted octanol–water partition coefficient (Wildman–Crippen LogP) is 6.56. The Morgan fingerprint density at radius 1 is 1.19 bits per heavy atom. The number of benzene rings is 1. The Hall–Kier alpha value is -1.84. The minimum absolute atomic E-state index is 0.0936. The molecule has 0 bridgehead atoms. The second-order valence-corrected chi connectivity index (χ2v) is 8.70. The monoisotopic (exact) mass is 373 g/mol. The van der Waals surface area contributed by atoms with Gasteiger partial charge in [-0.15, -0.1) is 0 Å². The summed E-state index contributed by atoms with van der Waals surface area (Å²) >= 11 is 0. The average Bonchev–Trinajstić information content (AvgIpc) is 2.98. The van der Waals surface area contributed by atoms with E-state index in [1.807, 2.05) is 26.8 Å². The van der Waals surface area contributed by atoms with Crippen molar-refractivity contribution in [1.82, 2.24) is 5.16 Å². The van der Waals surface area contributed by atoms with Crippen molar-refractivity contribution >= 4 is 16.9 Å². The molecule has 0 radical (unpaired) electrons. The Kier molecular flexibility index (Phi) is 7.46. The van der Waals surface area contributed by atoms with Crippen molar-refractivity contribution in [2.24, 2.45) is 5.92 Å². The molecule has 1 aromatic heterocycles. The first-order valence-corrected chi connectivity index (χ1v) is 10.3. The number of hydrogen-bond donors (Lipinski definition) is 0. The van der Waals surface area contributed by atoms with Gasteiger partial charge in [-0.25, -0.2) is 0 Å². The summed E-state index contributed by atoms with van der Waals surface area (Å²) < 4.78 is 11.1. The Labute approximate surface area is 163 Å². The first-order chi connectivity index (χ1) is 12.7. The van der Waals surface area contributed by atoms with E-state index >= 15 is 0 Å². The topological polar surface area (TPSA) is 52.3 Å². The van der Waals surface area contributed by atoms with Gasteiger partial charge >= 0.3 is 5.97 Å². The Balaban J connectivity index is 2.06. The molecule has 0 amide bonds. The van der Waals surface area contributed by atoms with Gasteiger partial charge in [0.25, 0.3) is 0 Å². The van der Waals surface area contributed by atoms with Gasteiger partial charge in [0.2, 0.25) is 0 Å². The van der Waals surface area contributed by atoms with Crippen LogP contribution in [0.3, 0.4) is 0 Å². The van der Waals surface area contributed by atoms with Crippen LogP contribution in [-0.2, 0) is 9.53 Å². The molecule has 0 aliphatic rings. The molecule has 4 heteroatoms. The predicted molar refractivity (Wildman–Crippen MR) is 110 cm³/mol. The molecular formula is C23H35NO3. The lowest BCUT2D eigenvalue weighted by Gasteiger charge is -2.23. The number of hydrogen-bond acceptors (Lipinski definition) is 4. The smallest absolute Gasteiger partial charge is 0.306 e. The number of esters is 1. The lowest BCUT2D eigenvalue weighted by atomic mass is 9.87. The number of rotatable bonds is 9. The van der Waals surface area contributed by atoms with E-state index in [0.29, 0.717) is 18.3 Å². The Morgan fingerprint density at radius 3 is 2.56 bits per heavy atom. The van der Waals surface area contributed by atoms with Crippen LogP contribution in [0.1, 0.15) is 90.3 Å². The van der Waals surface area contributed by atoms with Gasteiger partial charge < -0.3 is 9.26 Å². The Bertz CT molecular complexity index is 742. The first kappa shape index (κ1) is 21.5. The van der Waals surface area contributed by atoms with Crippen LogP contribution in [-0.4, -0.2) is 16.7 Å². The third-order valence-corrected chi connectivity index (χ3v) is 5.05. The first-order valence-electron chi connectivity index (χ1n) is 10.3. The molecule has 0 saturated carbocycles. The second kappa shape index (κ2) is 9.38. The fourth-order valence-corrected chi connectivity index (χ4v) is 3.64. The maximum atomic E-state index is 12.2. The molecule has 150 valence electrons. The highest BCUT2D eigenvalue weighted by Gasteiger charge is 2.23. The second-order valence-electron chi connectivity index (χ2n) is 8.70. The molecule has 0 aliphatic heterocycles. The van der Waals surface area contributed by atoms with Crippen molar-refractivity contribution < 1.29 is 14.1 Å². The third-order valence-electron chi connectivity index (χ3n) is 5.05. The van der Waals surface area contributed by atoms with E-state index in [0.717, 1.165) is 48.8 Å². The molecule has 0 N–H and O–H groups in total. The van der Waals surface area contributed by atoms with Crippen LogP contribution in [0.25, 0.3) is 11.0 Å². The lowest BCUT2D eigenvalue weighted by Crippen LogP contribution is -2.25. The average molecular weight is 374 g/mol. The zero-order valence-corrected chi connectivity index (χ0v) is 17.8. The van der Waals surface area contributed by atoms with Crippen LogP contribution < -0.4 is 0 Å². The maximum absolute atomic E-state index is 12.2. The van der Waals surface area contributed by atoms with Crippen molar-refractivity contribution in [1.29, 1.82) is 0 Å². The highest BCUT2D eigenvalue weighted by molar-refractivity contribution is 5.80. The molecule has 0 aliphatic carbocycles. The van der Waals surface area contributed by atoms with Crippen LogP contribution in [0.4, 0.5) is 0 Å². The van der Waals surface area contributed by atoms with Crippen molar-refractivity contribution in [3.8, 4) is 0 Å². The molecule has 2 aromatic rings. The standard InChI is InChI=1S/C23H35NO3/c1-7-9-18(22-19-14-16(3)10-13-20(19)27-24-22)12-11-17(8-2)15-21(25)26-23(4,5)6/h10,13-14,17-18H,7-9,11-12,15H2,1-6H3. The summed E-state index contributed by atoms with van der Waals surface area (Å²) in [6.45, 7) is 12.2. The van der Waals surface area contributed by atoms with Gasteiger partial charge in [0, 0.05) is 17.7 Å². The van der Waals surface area contributed by atoms with Crippen molar-refractivity contribution in [2.45, 2.75) is 91.6 Å². The molecule has 1 heterocycles. The van der Waals surface area contributed by atoms with Gasteiger partial charge in [0.05, 0.1) is 5.69 Å². The highest BCUT2D eigenvalue weighted by atomic mass is 16.6. The number of carbonyl (C=O) groups excluding carboxylic acids is 1. The van der Waals surface area contributed by atoms with E-state index in [2.05, 4.69) is 38.1 Å². The molecule has 1 aromatic carbocycles. The minimum atomic E-state index is -0.419. The number of ether oxygens (including phenoxy) is 1. The summed E-state index contributed by atoms with van der Waals surface area (Å²) in [6, 6.07) is 6.23. The molecule has 2 unspecified atom stereocenters. The number of aryl methyl sites for hydroxylation is 1. The number of aromatic nitrogens is 1. The molecular weight excluding hydrogens is 338 g/mol. The van der Waals surface area contributed by atoms with Crippen LogP contribution in [0.5, 0.6) is 0 Å². The SMILES string of the molecule is CCCC(CCC(CC)CC(=O)OC(C)(C)C)c1noc2ccc(C)cc12. The van der Waals surface area contributed by atoms with Crippen LogP contribution in [0.15, 0.2) is 22.7 Å². The van der Waals surface area contributed by atoms with Gasteiger partial charge in [-0.3, -0.25) is 4.79 Å². The summed E-state index contributed by atoms with van der Waals surface area (Å²) in [5.41, 5.74) is 2.73. The van der Waals surface area contributed by atoms with E-state index in [1.165, 1.54) is 5.56 Å². The molecule has 4 nitrogen and oxygen atoms in total. The van der Waals surface area contributed by atoms with Crippen LogP contribution >= 0.6 is 0 Å². The van der Waals surface area contributed by atoms with Crippen LogP contribution in [0, 0.1) is 12.8 Å². The van der Waals surface area contributed by atoms with E-state index in [1.54, 1.807) is 0 Å².